The minimum Gasteiger partial charge on any atom is -0.351 e. The van der Waals surface area contributed by atoms with Crippen molar-refractivity contribution in [3.63, 3.8) is 0 Å². The monoisotopic (exact) mass is 357 g/mol. The van der Waals surface area contributed by atoms with E-state index in [0.29, 0.717) is 5.75 Å². The van der Waals surface area contributed by atoms with Gasteiger partial charge in [0.2, 0.25) is 0 Å². The van der Waals surface area contributed by atoms with Gasteiger partial charge in [-0.2, -0.15) is 0 Å². The molecule has 20 heavy (non-hydrogen) atoms. The molecule has 0 aliphatic heterocycles. The van der Waals surface area contributed by atoms with E-state index in [2.05, 4.69) is 5.32 Å². The molecule has 0 radical (unpaired) electrons. The van der Waals surface area contributed by atoms with E-state index in [1.54, 1.807) is 0 Å². The largest absolute Gasteiger partial charge is 0.351 e. The van der Waals surface area contributed by atoms with Gasteiger partial charge < -0.3 is 5.32 Å². The van der Waals surface area contributed by atoms with Crippen LogP contribution in [0.5, 0.6) is 0 Å². The van der Waals surface area contributed by atoms with Gasteiger partial charge in [0.15, 0.2) is 0 Å². The molecule has 0 saturated carbocycles. The van der Waals surface area contributed by atoms with Gasteiger partial charge >= 0.3 is 0 Å². The highest BCUT2D eigenvalue weighted by atomic mass is 35.7. The van der Waals surface area contributed by atoms with E-state index in [0.717, 1.165) is 0 Å². The fraction of sp³-hybridized carbons (Fsp3) is 0.364. The van der Waals surface area contributed by atoms with Crippen LogP contribution in [0.25, 0.3) is 0 Å². The van der Waals surface area contributed by atoms with Gasteiger partial charge in [-0.15, -0.1) is 0 Å². The van der Waals surface area contributed by atoms with Crippen molar-refractivity contribution in [2.75, 3.05) is 18.6 Å². The molecule has 0 spiro atoms. The fourth-order valence-corrected chi connectivity index (χ4v) is 3.34. The van der Waals surface area contributed by atoms with Crippen molar-refractivity contribution in [1.82, 2.24) is 5.32 Å². The third-order valence-corrected chi connectivity index (χ3v) is 5.12. The molecule has 1 atom stereocenters. The minimum atomic E-state index is -3.99. The molecule has 0 aliphatic carbocycles. The first-order chi connectivity index (χ1) is 9.12. The fourth-order valence-electron chi connectivity index (χ4n) is 1.45. The van der Waals surface area contributed by atoms with Crippen LogP contribution in [-0.4, -0.2) is 37.1 Å². The summed E-state index contributed by atoms with van der Waals surface area (Å²) in [6.07, 6.45) is 1.52. The lowest BCUT2D eigenvalue weighted by Crippen LogP contribution is -2.27. The summed E-state index contributed by atoms with van der Waals surface area (Å²) in [4.78, 5) is 11.7. The Morgan fingerprint density at radius 3 is 2.50 bits per heavy atom. The van der Waals surface area contributed by atoms with E-state index in [9.17, 15) is 17.4 Å². The van der Waals surface area contributed by atoms with E-state index < -0.39 is 25.8 Å². The summed E-state index contributed by atoms with van der Waals surface area (Å²) in [6, 6.07) is 2.53. The number of halogens is 2. The summed E-state index contributed by atoms with van der Waals surface area (Å²) in [5.74, 6) is -0.189. The van der Waals surface area contributed by atoms with Crippen LogP contribution in [0.1, 0.15) is 15.9 Å². The number of benzene rings is 1. The molecule has 1 aromatic carbocycles. The van der Waals surface area contributed by atoms with Crippen LogP contribution >= 0.6 is 22.3 Å². The van der Waals surface area contributed by atoms with Gasteiger partial charge in [0.25, 0.3) is 15.0 Å². The van der Waals surface area contributed by atoms with Crippen LogP contribution < -0.4 is 5.32 Å². The highest BCUT2D eigenvalue weighted by molar-refractivity contribution is 8.13. The van der Waals surface area contributed by atoms with Crippen LogP contribution in [0.15, 0.2) is 17.0 Å². The average Bonchev–Trinajstić information content (AvgIpc) is 2.30. The molecular formula is C11H13Cl2NO4S2. The van der Waals surface area contributed by atoms with Gasteiger partial charge in [0.1, 0.15) is 0 Å². The smallest absolute Gasteiger partial charge is 0.261 e. The van der Waals surface area contributed by atoms with Gasteiger partial charge in [-0.1, -0.05) is 11.6 Å². The Balaban J connectivity index is 3.05. The number of hydrogen-bond donors (Lipinski definition) is 1. The highest BCUT2D eigenvalue weighted by Gasteiger charge is 2.19. The molecular weight excluding hydrogens is 345 g/mol. The topological polar surface area (TPSA) is 80.3 Å². The summed E-state index contributed by atoms with van der Waals surface area (Å²) < 4.78 is 33.7. The van der Waals surface area contributed by atoms with Gasteiger partial charge in [0, 0.05) is 50.6 Å². The third kappa shape index (κ3) is 4.73. The van der Waals surface area contributed by atoms with Crippen LogP contribution in [0.3, 0.4) is 0 Å². The van der Waals surface area contributed by atoms with Crippen molar-refractivity contribution in [3.8, 4) is 0 Å². The van der Waals surface area contributed by atoms with E-state index in [1.165, 1.54) is 25.3 Å². The number of rotatable bonds is 5. The molecule has 0 bridgehead atoms. The average molecular weight is 358 g/mol. The maximum absolute atomic E-state index is 11.9. The normalized spacial score (nSPS) is 13.0. The Kier molecular flexibility index (Phi) is 6.00. The Hall–Kier alpha value is -0.630. The lowest BCUT2D eigenvalue weighted by molar-refractivity contribution is 0.0956. The van der Waals surface area contributed by atoms with Crippen LogP contribution in [0, 0.1) is 6.92 Å². The van der Waals surface area contributed by atoms with Crippen molar-refractivity contribution in [1.29, 1.82) is 0 Å². The molecule has 0 aliphatic rings. The number of carbonyl (C=O) groups is 1. The second-order valence-electron chi connectivity index (χ2n) is 4.05. The molecule has 1 aromatic rings. The lowest BCUT2D eigenvalue weighted by Gasteiger charge is -2.09. The van der Waals surface area contributed by atoms with E-state index >= 15 is 0 Å². The zero-order valence-electron chi connectivity index (χ0n) is 10.8. The molecule has 1 unspecified atom stereocenters. The van der Waals surface area contributed by atoms with Crippen molar-refractivity contribution in [3.05, 3.63) is 28.3 Å². The summed E-state index contributed by atoms with van der Waals surface area (Å²) in [7, 11) is 0.291. The molecule has 0 fully saturated rings. The molecule has 1 N–H and O–H groups in total. The summed E-state index contributed by atoms with van der Waals surface area (Å²) in [5, 5.41) is 2.66. The van der Waals surface area contributed by atoms with Gasteiger partial charge in [-0.3, -0.25) is 9.00 Å². The lowest BCUT2D eigenvalue weighted by atomic mass is 10.1. The van der Waals surface area contributed by atoms with Crippen molar-refractivity contribution < 1.29 is 17.4 Å². The molecule has 5 nitrogen and oxygen atoms in total. The number of nitrogens with one attached hydrogen (secondary N) is 1. The second kappa shape index (κ2) is 6.89. The maximum atomic E-state index is 11.9. The van der Waals surface area contributed by atoms with Crippen LogP contribution in [0.4, 0.5) is 0 Å². The number of carbonyl (C=O) groups excluding carboxylic acids is 1. The van der Waals surface area contributed by atoms with Crippen molar-refractivity contribution in [2.24, 2.45) is 0 Å². The van der Waals surface area contributed by atoms with E-state index in [1.807, 2.05) is 0 Å². The Morgan fingerprint density at radius 2 is 2.00 bits per heavy atom. The van der Waals surface area contributed by atoms with Gasteiger partial charge in [-0.25, -0.2) is 8.42 Å². The highest BCUT2D eigenvalue weighted by Crippen LogP contribution is 2.27. The first-order valence-corrected chi connectivity index (χ1v) is 9.87. The summed E-state index contributed by atoms with van der Waals surface area (Å²) in [6.45, 7) is 1.72. The zero-order chi connectivity index (χ0) is 15.5. The van der Waals surface area contributed by atoms with Crippen LogP contribution in [0.2, 0.25) is 5.02 Å². The Bertz CT molecular complexity index is 659. The quantitative estimate of drug-likeness (QED) is 0.813. The molecule has 1 rings (SSSR count). The molecule has 9 heteroatoms. The Morgan fingerprint density at radius 1 is 1.40 bits per heavy atom. The third-order valence-electron chi connectivity index (χ3n) is 2.50. The zero-order valence-corrected chi connectivity index (χ0v) is 13.9. The molecule has 112 valence electrons. The predicted molar refractivity (Wildman–Crippen MR) is 80.5 cm³/mol. The van der Waals surface area contributed by atoms with Crippen LogP contribution in [-0.2, 0) is 19.9 Å². The number of hydrogen-bond acceptors (Lipinski definition) is 4. The van der Waals surface area contributed by atoms with E-state index in [4.69, 9.17) is 22.3 Å². The first-order valence-electron chi connectivity index (χ1n) is 5.46. The number of amides is 1. The van der Waals surface area contributed by atoms with Gasteiger partial charge in [0.05, 0.1) is 4.90 Å². The first kappa shape index (κ1) is 17.4. The summed E-state index contributed by atoms with van der Waals surface area (Å²) >= 11 is 5.90. The molecule has 1 amide bonds. The molecule has 0 heterocycles. The second-order valence-corrected chi connectivity index (χ2v) is 8.55. The van der Waals surface area contributed by atoms with Crippen molar-refractivity contribution in [2.45, 2.75) is 11.8 Å². The Labute approximate surface area is 129 Å². The maximum Gasteiger partial charge on any atom is 0.261 e. The van der Waals surface area contributed by atoms with Crippen molar-refractivity contribution >= 4 is 48.0 Å². The minimum absolute atomic E-state index is 0.0849. The molecule has 0 saturated heterocycles. The predicted octanol–water partition coefficient (Wildman–Crippen LogP) is 1.68. The van der Waals surface area contributed by atoms with E-state index in [-0.39, 0.29) is 27.6 Å². The van der Waals surface area contributed by atoms with Gasteiger partial charge in [-0.05, 0) is 24.6 Å². The standard InChI is InChI=1S/C11H13Cl2NO4S2/c1-7-9(12)5-8(6-10(7)20(13,17)18)11(15)14-3-4-19(2)16/h5-6H,3-4H2,1-2H3,(H,14,15). The molecule has 0 aromatic heterocycles. The SMILES string of the molecule is Cc1c(Cl)cc(C(=O)NCCS(C)=O)cc1S(=O)(=O)Cl. The summed E-state index contributed by atoms with van der Waals surface area (Å²) in [5.41, 5.74) is 0.370.